The highest BCUT2D eigenvalue weighted by Crippen LogP contribution is 2.30. The molecule has 11 heteroatoms. The first kappa shape index (κ1) is 21.6. The Bertz CT molecular complexity index is 945. The SMILES string of the molecule is CNS(=O)(=O)c1ccc(F)c(C(=O)NCCOc2ccc(C(F)(F)F)cc2)c1. The van der Waals surface area contributed by atoms with Crippen molar-refractivity contribution < 1.29 is 35.5 Å². The van der Waals surface area contributed by atoms with E-state index in [1.165, 1.54) is 7.05 Å². The van der Waals surface area contributed by atoms with Gasteiger partial charge in [0, 0.05) is 0 Å². The van der Waals surface area contributed by atoms with Gasteiger partial charge in [-0.2, -0.15) is 13.2 Å². The van der Waals surface area contributed by atoms with E-state index in [-0.39, 0.29) is 23.8 Å². The summed E-state index contributed by atoms with van der Waals surface area (Å²) < 4.78 is 82.0. The van der Waals surface area contributed by atoms with E-state index < -0.39 is 39.1 Å². The van der Waals surface area contributed by atoms with Gasteiger partial charge in [0.15, 0.2) is 0 Å². The zero-order valence-electron chi connectivity index (χ0n) is 14.5. The Kier molecular flexibility index (Phi) is 6.62. The summed E-state index contributed by atoms with van der Waals surface area (Å²) in [5.74, 6) is -1.60. The van der Waals surface area contributed by atoms with E-state index in [0.29, 0.717) is 0 Å². The summed E-state index contributed by atoms with van der Waals surface area (Å²) in [6, 6.07) is 6.76. The number of carbonyl (C=O) groups excluding carboxylic acids is 1. The molecule has 152 valence electrons. The first-order chi connectivity index (χ1) is 13.0. The van der Waals surface area contributed by atoms with Crippen LogP contribution in [0.3, 0.4) is 0 Å². The summed E-state index contributed by atoms with van der Waals surface area (Å²) in [6.07, 6.45) is -4.45. The molecule has 0 saturated heterocycles. The van der Waals surface area contributed by atoms with Crippen LogP contribution in [0.2, 0.25) is 0 Å². The molecular formula is C17H16F4N2O4S. The highest BCUT2D eigenvalue weighted by molar-refractivity contribution is 7.89. The quantitative estimate of drug-likeness (QED) is 0.533. The van der Waals surface area contributed by atoms with Gasteiger partial charge in [0.25, 0.3) is 5.91 Å². The summed E-state index contributed by atoms with van der Waals surface area (Å²) in [6.45, 7) is -0.171. The molecule has 1 amide bonds. The maximum Gasteiger partial charge on any atom is 0.416 e. The van der Waals surface area contributed by atoms with E-state index in [4.69, 9.17) is 4.74 Å². The average Bonchev–Trinajstić information content (AvgIpc) is 2.65. The van der Waals surface area contributed by atoms with Crippen molar-refractivity contribution in [2.45, 2.75) is 11.1 Å². The fourth-order valence-corrected chi connectivity index (χ4v) is 2.89. The Balaban J connectivity index is 1.93. The van der Waals surface area contributed by atoms with Crippen LogP contribution < -0.4 is 14.8 Å². The molecule has 0 aliphatic heterocycles. The number of benzene rings is 2. The van der Waals surface area contributed by atoms with Crippen molar-refractivity contribution in [2.24, 2.45) is 0 Å². The Morgan fingerprint density at radius 1 is 1.11 bits per heavy atom. The van der Waals surface area contributed by atoms with Crippen molar-refractivity contribution in [3.63, 3.8) is 0 Å². The van der Waals surface area contributed by atoms with Crippen LogP contribution in [0.1, 0.15) is 15.9 Å². The molecule has 0 atom stereocenters. The summed E-state index contributed by atoms with van der Waals surface area (Å²) in [5, 5.41) is 2.34. The van der Waals surface area contributed by atoms with Crippen molar-refractivity contribution in [2.75, 3.05) is 20.2 Å². The second-order valence-electron chi connectivity index (χ2n) is 5.48. The van der Waals surface area contributed by atoms with Crippen LogP contribution in [-0.4, -0.2) is 34.5 Å². The van der Waals surface area contributed by atoms with Crippen LogP contribution in [0.15, 0.2) is 47.4 Å². The minimum absolute atomic E-state index is 0.0811. The molecule has 0 aromatic heterocycles. The van der Waals surface area contributed by atoms with Crippen molar-refractivity contribution >= 4 is 15.9 Å². The highest BCUT2D eigenvalue weighted by Gasteiger charge is 2.30. The molecule has 0 spiro atoms. The van der Waals surface area contributed by atoms with Gasteiger partial charge in [-0.25, -0.2) is 17.5 Å². The van der Waals surface area contributed by atoms with Gasteiger partial charge in [0.05, 0.1) is 22.6 Å². The van der Waals surface area contributed by atoms with Gasteiger partial charge in [0.1, 0.15) is 18.2 Å². The number of rotatable bonds is 7. The normalized spacial score (nSPS) is 11.9. The zero-order valence-corrected chi connectivity index (χ0v) is 15.3. The van der Waals surface area contributed by atoms with Gasteiger partial charge in [-0.15, -0.1) is 0 Å². The number of ether oxygens (including phenoxy) is 1. The van der Waals surface area contributed by atoms with E-state index in [0.717, 1.165) is 42.5 Å². The maximum absolute atomic E-state index is 13.8. The summed E-state index contributed by atoms with van der Waals surface area (Å²) >= 11 is 0. The van der Waals surface area contributed by atoms with Crippen molar-refractivity contribution in [3.8, 4) is 5.75 Å². The molecule has 0 aliphatic rings. The molecule has 2 N–H and O–H groups in total. The minimum atomic E-state index is -4.45. The first-order valence-electron chi connectivity index (χ1n) is 7.86. The Labute approximate surface area is 158 Å². The molecule has 6 nitrogen and oxygen atoms in total. The van der Waals surface area contributed by atoms with Gasteiger partial charge < -0.3 is 10.1 Å². The lowest BCUT2D eigenvalue weighted by Gasteiger charge is -2.11. The Morgan fingerprint density at radius 2 is 1.75 bits per heavy atom. The molecule has 0 aliphatic carbocycles. The number of sulfonamides is 1. The molecule has 2 aromatic carbocycles. The van der Waals surface area contributed by atoms with Crippen LogP contribution in [0.25, 0.3) is 0 Å². The molecule has 0 fully saturated rings. The smallest absolute Gasteiger partial charge is 0.416 e. The van der Waals surface area contributed by atoms with Crippen molar-refractivity contribution in [1.29, 1.82) is 0 Å². The lowest BCUT2D eigenvalue weighted by atomic mass is 10.2. The van der Waals surface area contributed by atoms with Crippen LogP contribution in [0.5, 0.6) is 5.75 Å². The van der Waals surface area contributed by atoms with Crippen LogP contribution in [0.4, 0.5) is 17.6 Å². The molecule has 0 unspecified atom stereocenters. The van der Waals surface area contributed by atoms with E-state index in [1.807, 2.05) is 0 Å². The lowest BCUT2D eigenvalue weighted by Crippen LogP contribution is -2.29. The standard InChI is InChI=1S/C17H16F4N2O4S/c1-22-28(25,26)13-6-7-15(18)14(10-13)16(24)23-8-9-27-12-4-2-11(3-5-12)17(19,20)21/h2-7,10,22H,8-9H2,1H3,(H,23,24). The number of halogens is 4. The predicted molar refractivity (Wildman–Crippen MR) is 91.9 cm³/mol. The fraction of sp³-hybridized carbons (Fsp3) is 0.235. The van der Waals surface area contributed by atoms with E-state index in [2.05, 4.69) is 10.0 Å². The van der Waals surface area contributed by atoms with Gasteiger partial charge in [-0.1, -0.05) is 0 Å². The number of alkyl halides is 3. The molecular weight excluding hydrogens is 404 g/mol. The van der Waals surface area contributed by atoms with Gasteiger partial charge in [-0.3, -0.25) is 4.79 Å². The monoisotopic (exact) mass is 420 g/mol. The van der Waals surface area contributed by atoms with E-state index in [9.17, 15) is 30.8 Å². The largest absolute Gasteiger partial charge is 0.492 e. The molecule has 2 rings (SSSR count). The molecule has 0 heterocycles. The molecule has 2 aromatic rings. The van der Waals surface area contributed by atoms with E-state index in [1.54, 1.807) is 0 Å². The number of hydrogen-bond donors (Lipinski definition) is 2. The van der Waals surface area contributed by atoms with Gasteiger partial charge >= 0.3 is 6.18 Å². The van der Waals surface area contributed by atoms with Crippen molar-refractivity contribution in [3.05, 3.63) is 59.4 Å². The minimum Gasteiger partial charge on any atom is -0.492 e. The molecule has 28 heavy (non-hydrogen) atoms. The second kappa shape index (κ2) is 8.57. The van der Waals surface area contributed by atoms with Crippen LogP contribution in [0, 0.1) is 5.82 Å². The molecule has 0 bridgehead atoms. The number of amides is 1. The summed E-state index contributed by atoms with van der Waals surface area (Å²) in [7, 11) is -2.67. The first-order valence-corrected chi connectivity index (χ1v) is 9.34. The fourth-order valence-electron chi connectivity index (χ4n) is 2.13. The van der Waals surface area contributed by atoms with Crippen LogP contribution >= 0.6 is 0 Å². The highest BCUT2D eigenvalue weighted by atomic mass is 32.2. The van der Waals surface area contributed by atoms with Crippen molar-refractivity contribution in [1.82, 2.24) is 10.0 Å². The maximum atomic E-state index is 13.8. The van der Waals surface area contributed by atoms with Gasteiger partial charge in [0.2, 0.25) is 10.0 Å². The zero-order chi connectivity index (χ0) is 20.9. The number of carbonyl (C=O) groups is 1. The van der Waals surface area contributed by atoms with Gasteiger partial charge in [-0.05, 0) is 49.5 Å². The Hall–Kier alpha value is -2.66. The Morgan fingerprint density at radius 3 is 2.32 bits per heavy atom. The van der Waals surface area contributed by atoms with E-state index >= 15 is 0 Å². The summed E-state index contributed by atoms with van der Waals surface area (Å²) in [5.41, 5.74) is -1.29. The predicted octanol–water partition coefficient (Wildman–Crippen LogP) is 2.56. The third-order valence-corrected chi connectivity index (χ3v) is 5.01. The topological polar surface area (TPSA) is 84.5 Å². The number of hydrogen-bond acceptors (Lipinski definition) is 4. The van der Waals surface area contributed by atoms with Crippen LogP contribution in [-0.2, 0) is 16.2 Å². The molecule has 0 radical (unpaired) electrons. The summed E-state index contributed by atoms with van der Waals surface area (Å²) in [4.78, 5) is 11.8. The third kappa shape index (κ3) is 5.42. The third-order valence-electron chi connectivity index (χ3n) is 3.60. The lowest BCUT2D eigenvalue weighted by molar-refractivity contribution is -0.137. The molecule has 0 saturated carbocycles. The number of nitrogens with one attached hydrogen (secondary N) is 2. The average molecular weight is 420 g/mol. The second-order valence-corrected chi connectivity index (χ2v) is 7.36.